The molecule has 8 heteroatoms. The monoisotopic (exact) mass is 363 g/mol. The Morgan fingerprint density at radius 1 is 1.29 bits per heavy atom. The molecule has 6 nitrogen and oxygen atoms in total. The normalized spacial score (nSPS) is 12.4. The van der Waals surface area contributed by atoms with Gasteiger partial charge in [-0.15, -0.1) is 0 Å². The van der Waals surface area contributed by atoms with Crippen molar-refractivity contribution in [3.8, 4) is 0 Å². The lowest BCUT2D eigenvalue weighted by Crippen LogP contribution is -2.11. The van der Waals surface area contributed by atoms with Gasteiger partial charge < -0.3 is 10.7 Å². The predicted molar refractivity (Wildman–Crippen MR) is 85.4 cm³/mol. The molecule has 3 N–H and O–H groups in total. The molecule has 0 aliphatic rings. The van der Waals surface area contributed by atoms with Crippen LogP contribution in [0.2, 0.25) is 0 Å². The molecule has 0 aliphatic heterocycles. The molecule has 21 heavy (non-hydrogen) atoms. The van der Waals surface area contributed by atoms with E-state index in [0.717, 1.165) is 0 Å². The van der Waals surface area contributed by atoms with Crippen molar-refractivity contribution < 1.29 is 4.79 Å². The number of fused-ring (bicyclic) bond motifs is 1. The third-order valence-corrected chi connectivity index (χ3v) is 4.67. The highest BCUT2D eigenvalue weighted by atomic mass is 79.9. The number of halogens is 1. The summed E-state index contributed by atoms with van der Waals surface area (Å²) in [7, 11) is 0. The Morgan fingerprint density at radius 3 is 2.81 bits per heavy atom. The number of nitrogens with two attached hydrogens (primary N) is 1. The van der Waals surface area contributed by atoms with Crippen LogP contribution in [-0.2, 0) is 0 Å². The van der Waals surface area contributed by atoms with Gasteiger partial charge in [-0.25, -0.2) is 9.97 Å². The van der Waals surface area contributed by atoms with Gasteiger partial charge in [0.15, 0.2) is 11.4 Å². The molecule has 2 heterocycles. The zero-order chi connectivity index (χ0) is 14.8. The molecule has 0 amide bonds. The van der Waals surface area contributed by atoms with E-state index in [0.29, 0.717) is 21.8 Å². The summed E-state index contributed by atoms with van der Waals surface area (Å²) in [5.74, 6) is 0.0920. The number of carbonyl (C=O) groups excluding carboxylic acids is 1. The SMILES string of the molecule is Nc1nc(SC(Br)C(=O)c2ccccc2)c2[nH]cnc2n1. The molecule has 2 aromatic heterocycles. The molecule has 1 unspecified atom stereocenters. The van der Waals surface area contributed by atoms with Crippen LogP contribution in [0.4, 0.5) is 5.95 Å². The summed E-state index contributed by atoms with van der Waals surface area (Å²) >= 11 is 4.65. The second-order valence-electron chi connectivity index (χ2n) is 4.15. The number of nitrogens with one attached hydrogen (secondary N) is 1. The average molecular weight is 364 g/mol. The number of thioether (sulfide) groups is 1. The summed E-state index contributed by atoms with van der Waals surface area (Å²) in [4.78, 5) is 27.5. The van der Waals surface area contributed by atoms with Gasteiger partial charge in [-0.05, 0) is 0 Å². The molecule has 0 aliphatic carbocycles. The van der Waals surface area contributed by atoms with Crippen molar-refractivity contribution in [1.29, 1.82) is 0 Å². The number of ketones is 1. The Labute approximate surface area is 132 Å². The number of imidazole rings is 1. The molecule has 0 spiro atoms. The molecule has 3 rings (SSSR count). The van der Waals surface area contributed by atoms with E-state index in [-0.39, 0.29) is 11.7 Å². The maximum absolute atomic E-state index is 12.3. The Kier molecular flexibility index (Phi) is 3.89. The first kappa shape index (κ1) is 14.0. The molecule has 1 aromatic carbocycles. The van der Waals surface area contributed by atoms with Gasteiger partial charge >= 0.3 is 0 Å². The number of nitrogen functional groups attached to an aromatic ring is 1. The summed E-state index contributed by atoms with van der Waals surface area (Å²) in [6.07, 6.45) is 1.52. The smallest absolute Gasteiger partial charge is 0.223 e. The van der Waals surface area contributed by atoms with E-state index in [1.54, 1.807) is 12.1 Å². The topological polar surface area (TPSA) is 97.5 Å². The molecule has 106 valence electrons. The van der Waals surface area contributed by atoms with E-state index in [1.807, 2.05) is 18.2 Å². The van der Waals surface area contributed by atoms with Gasteiger partial charge in [-0.3, -0.25) is 4.79 Å². The number of nitrogens with zero attached hydrogens (tertiary/aromatic N) is 3. The summed E-state index contributed by atoms with van der Waals surface area (Å²) in [6, 6.07) is 9.07. The number of Topliss-reactive ketones (excluding diaryl/α,β-unsaturated/α-hetero) is 1. The number of aromatic nitrogens is 4. The van der Waals surface area contributed by atoms with Crippen LogP contribution in [0.25, 0.3) is 11.2 Å². The summed E-state index contributed by atoms with van der Waals surface area (Å²) < 4.78 is -0.472. The number of rotatable bonds is 4. The number of H-pyrrole nitrogens is 1. The van der Waals surface area contributed by atoms with Crippen molar-refractivity contribution in [2.75, 3.05) is 5.73 Å². The lowest BCUT2D eigenvalue weighted by atomic mass is 10.2. The van der Waals surface area contributed by atoms with Crippen LogP contribution in [-0.4, -0.2) is 29.9 Å². The van der Waals surface area contributed by atoms with E-state index in [2.05, 4.69) is 35.9 Å². The zero-order valence-corrected chi connectivity index (χ0v) is 13.1. The highest BCUT2D eigenvalue weighted by molar-refractivity contribution is 9.11. The fourth-order valence-electron chi connectivity index (χ4n) is 1.79. The van der Waals surface area contributed by atoms with Gasteiger partial charge in [0, 0.05) is 5.56 Å². The van der Waals surface area contributed by atoms with E-state index >= 15 is 0 Å². The molecular formula is C13H10BrN5OS. The molecule has 0 radical (unpaired) electrons. The van der Waals surface area contributed by atoms with E-state index in [1.165, 1.54) is 18.1 Å². The Bertz CT molecular complexity index is 792. The number of anilines is 1. The van der Waals surface area contributed by atoms with E-state index in [9.17, 15) is 4.79 Å². The predicted octanol–water partition coefficient (Wildman–Crippen LogP) is 2.63. The lowest BCUT2D eigenvalue weighted by molar-refractivity contribution is 0.101. The average Bonchev–Trinajstić information content (AvgIpc) is 2.95. The van der Waals surface area contributed by atoms with Crippen molar-refractivity contribution in [3.05, 3.63) is 42.2 Å². The molecule has 3 aromatic rings. The summed E-state index contributed by atoms with van der Waals surface area (Å²) in [5, 5.41) is 0.584. The van der Waals surface area contributed by atoms with Crippen LogP contribution in [0.1, 0.15) is 10.4 Å². The second-order valence-corrected chi connectivity index (χ2v) is 6.77. The minimum absolute atomic E-state index is 0.0366. The third kappa shape index (κ3) is 2.91. The van der Waals surface area contributed by atoms with Crippen LogP contribution < -0.4 is 5.73 Å². The molecule has 1 atom stereocenters. The molecule has 0 fully saturated rings. The second kappa shape index (κ2) is 5.82. The van der Waals surface area contributed by atoms with E-state index in [4.69, 9.17) is 5.73 Å². The van der Waals surface area contributed by atoms with Crippen molar-refractivity contribution in [2.24, 2.45) is 0 Å². The quantitative estimate of drug-likeness (QED) is 0.320. The Balaban J connectivity index is 1.88. The Hall–Kier alpha value is -1.93. The first-order chi connectivity index (χ1) is 10.1. The molecule has 0 saturated heterocycles. The van der Waals surface area contributed by atoms with Crippen LogP contribution >= 0.6 is 27.7 Å². The standard InChI is InChI=1S/C13H10BrN5OS/c14-10(9(20)7-4-2-1-3-5-7)21-12-8-11(17-6-16-8)18-13(15)19-12/h1-6,10H,(H3,15,16,17,18,19). The van der Waals surface area contributed by atoms with Gasteiger partial charge in [-0.2, -0.15) is 4.98 Å². The highest BCUT2D eigenvalue weighted by Crippen LogP contribution is 2.32. The van der Waals surface area contributed by atoms with Crippen LogP contribution in [0.3, 0.4) is 0 Å². The van der Waals surface area contributed by atoms with Crippen molar-refractivity contribution in [1.82, 2.24) is 19.9 Å². The summed E-state index contributed by atoms with van der Waals surface area (Å²) in [6.45, 7) is 0. The largest absolute Gasteiger partial charge is 0.368 e. The number of aromatic amines is 1. The first-order valence-corrected chi connectivity index (χ1v) is 7.81. The van der Waals surface area contributed by atoms with Gasteiger partial charge in [-0.1, -0.05) is 58.0 Å². The number of benzene rings is 1. The number of hydrogen-bond acceptors (Lipinski definition) is 6. The van der Waals surface area contributed by atoms with Crippen LogP contribution in [0, 0.1) is 0 Å². The Morgan fingerprint density at radius 2 is 2.05 bits per heavy atom. The van der Waals surface area contributed by atoms with Crippen LogP contribution in [0.15, 0.2) is 41.7 Å². The van der Waals surface area contributed by atoms with Gasteiger partial charge in [0.05, 0.1) is 6.33 Å². The van der Waals surface area contributed by atoms with Gasteiger partial charge in [0.25, 0.3) is 0 Å². The van der Waals surface area contributed by atoms with Crippen LogP contribution in [0.5, 0.6) is 0 Å². The van der Waals surface area contributed by atoms with Crippen molar-refractivity contribution in [3.63, 3.8) is 0 Å². The van der Waals surface area contributed by atoms with E-state index < -0.39 is 4.16 Å². The van der Waals surface area contributed by atoms with Gasteiger partial charge in [0.2, 0.25) is 5.95 Å². The fourth-order valence-corrected chi connectivity index (χ4v) is 3.44. The third-order valence-electron chi connectivity index (χ3n) is 2.75. The minimum atomic E-state index is -0.472. The lowest BCUT2D eigenvalue weighted by Gasteiger charge is -2.09. The van der Waals surface area contributed by atoms with Crippen molar-refractivity contribution >= 4 is 50.6 Å². The number of alkyl halides is 1. The number of hydrogen-bond donors (Lipinski definition) is 2. The molecule has 0 bridgehead atoms. The first-order valence-electron chi connectivity index (χ1n) is 6.02. The molecular weight excluding hydrogens is 354 g/mol. The summed E-state index contributed by atoms with van der Waals surface area (Å²) in [5.41, 5.74) is 7.44. The highest BCUT2D eigenvalue weighted by Gasteiger charge is 2.21. The van der Waals surface area contributed by atoms with Gasteiger partial charge in [0.1, 0.15) is 14.7 Å². The minimum Gasteiger partial charge on any atom is -0.368 e. The zero-order valence-electron chi connectivity index (χ0n) is 10.7. The van der Waals surface area contributed by atoms with Crippen molar-refractivity contribution in [2.45, 2.75) is 9.19 Å². The maximum Gasteiger partial charge on any atom is 0.223 e. The molecule has 0 saturated carbocycles. The fraction of sp³-hybridized carbons (Fsp3) is 0.0769. The maximum atomic E-state index is 12.3. The number of carbonyl (C=O) groups is 1.